The van der Waals surface area contributed by atoms with Gasteiger partial charge in [-0.05, 0) is 30.2 Å². The van der Waals surface area contributed by atoms with Crippen LogP contribution < -0.4 is 9.64 Å². The predicted molar refractivity (Wildman–Crippen MR) is 101 cm³/mol. The Labute approximate surface area is 152 Å². The van der Waals surface area contributed by atoms with Crippen LogP contribution in [0.5, 0.6) is 5.75 Å². The van der Waals surface area contributed by atoms with Gasteiger partial charge in [0.25, 0.3) is 0 Å². The van der Waals surface area contributed by atoms with Gasteiger partial charge in [0.05, 0.1) is 24.7 Å². The fraction of sp³-hybridized carbons (Fsp3) is 0.529. The lowest BCUT2D eigenvalue weighted by atomic mass is 10.1. The van der Waals surface area contributed by atoms with Crippen molar-refractivity contribution in [3.8, 4) is 5.75 Å². The zero-order valence-electron chi connectivity index (χ0n) is 14.5. The summed E-state index contributed by atoms with van der Waals surface area (Å²) >= 11 is 1.40. The van der Waals surface area contributed by atoms with Crippen LogP contribution in [0, 0.1) is 5.92 Å². The molecule has 0 saturated carbocycles. The minimum absolute atomic E-state index is 0.0855. The van der Waals surface area contributed by atoms with E-state index in [0.29, 0.717) is 11.6 Å². The first-order valence-corrected chi connectivity index (χ1v) is 10.9. The van der Waals surface area contributed by atoms with Gasteiger partial charge < -0.3 is 9.64 Å². The maximum absolute atomic E-state index is 12.2. The van der Waals surface area contributed by atoms with Crippen LogP contribution in [-0.2, 0) is 14.6 Å². The molecule has 1 aromatic carbocycles. The van der Waals surface area contributed by atoms with E-state index in [0.717, 1.165) is 11.4 Å². The molecule has 0 aromatic heterocycles. The van der Waals surface area contributed by atoms with Crippen LogP contribution in [-0.4, -0.2) is 49.4 Å². The largest absolute Gasteiger partial charge is 0.497 e. The van der Waals surface area contributed by atoms with E-state index in [4.69, 9.17) is 4.74 Å². The zero-order valence-corrected chi connectivity index (χ0v) is 16.1. The number of nitrogens with zero attached hydrogens (tertiary/aromatic N) is 2. The molecule has 0 bridgehead atoms. The van der Waals surface area contributed by atoms with E-state index in [2.05, 4.69) is 4.99 Å². The molecular formula is C17H22N2O4S2. The number of methoxy groups -OCH3 is 1. The third-order valence-electron chi connectivity index (χ3n) is 4.22. The smallest absolute Gasteiger partial charge is 0.248 e. The highest BCUT2D eigenvalue weighted by molar-refractivity contribution is 8.16. The lowest BCUT2D eigenvalue weighted by Crippen LogP contribution is -2.37. The number of anilines is 1. The van der Waals surface area contributed by atoms with Crippen LogP contribution in [0.25, 0.3) is 0 Å². The minimum Gasteiger partial charge on any atom is -0.497 e. The lowest BCUT2D eigenvalue weighted by Gasteiger charge is -2.24. The molecule has 8 heteroatoms. The maximum Gasteiger partial charge on any atom is 0.248 e. The van der Waals surface area contributed by atoms with Gasteiger partial charge in [-0.15, -0.1) is 0 Å². The Hall–Kier alpha value is -1.54. The normalized spacial score (nSPS) is 26.2. The Balaban J connectivity index is 1.94. The number of rotatable bonds is 4. The number of carbonyl (C=O) groups excluding carboxylic acids is 1. The van der Waals surface area contributed by atoms with Gasteiger partial charge in [0.15, 0.2) is 15.0 Å². The predicted octanol–water partition coefficient (Wildman–Crippen LogP) is 2.34. The van der Waals surface area contributed by atoms with E-state index >= 15 is 0 Å². The van der Waals surface area contributed by atoms with Gasteiger partial charge in [-0.25, -0.2) is 8.42 Å². The van der Waals surface area contributed by atoms with Gasteiger partial charge >= 0.3 is 0 Å². The van der Waals surface area contributed by atoms with E-state index in [9.17, 15) is 13.2 Å². The summed E-state index contributed by atoms with van der Waals surface area (Å²) in [5.74, 6) is 1.01. The van der Waals surface area contributed by atoms with E-state index in [1.165, 1.54) is 11.8 Å². The summed E-state index contributed by atoms with van der Waals surface area (Å²) < 4.78 is 29.2. The molecule has 1 amide bonds. The molecule has 136 valence electrons. The van der Waals surface area contributed by atoms with Gasteiger partial charge in [0.1, 0.15) is 5.75 Å². The first-order valence-electron chi connectivity index (χ1n) is 8.21. The second kappa shape index (κ2) is 6.99. The molecule has 0 aliphatic carbocycles. The van der Waals surface area contributed by atoms with E-state index < -0.39 is 9.84 Å². The van der Waals surface area contributed by atoms with Crippen LogP contribution >= 0.6 is 11.8 Å². The summed E-state index contributed by atoms with van der Waals surface area (Å²) in [6.07, 6.45) is 0.383. The zero-order chi connectivity index (χ0) is 18.2. The van der Waals surface area contributed by atoms with Crippen molar-refractivity contribution in [2.45, 2.75) is 31.6 Å². The van der Waals surface area contributed by atoms with Crippen molar-refractivity contribution in [2.75, 3.05) is 23.5 Å². The number of benzene rings is 1. The van der Waals surface area contributed by atoms with Crippen molar-refractivity contribution >= 4 is 38.4 Å². The van der Waals surface area contributed by atoms with E-state index in [1.54, 1.807) is 7.11 Å². The molecule has 1 aromatic rings. The number of fused-ring (bicyclic) bond motifs is 1. The number of sulfone groups is 1. The van der Waals surface area contributed by atoms with Crippen LogP contribution in [0.1, 0.15) is 20.3 Å². The third-order valence-corrected chi connectivity index (χ3v) is 7.43. The van der Waals surface area contributed by atoms with Crippen LogP contribution in [0.15, 0.2) is 29.3 Å². The first kappa shape index (κ1) is 18.3. The topological polar surface area (TPSA) is 76.0 Å². The molecular weight excluding hydrogens is 360 g/mol. The average Bonchev–Trinajstić information content (AvgIpc) is 2.97. The molecule has 2 fully saturated rings. The van der Waals surface area contributed by atoms with Gasteiger partial charge in [-0.2, -0.15) is 4.99 Å². The molecule has 2 aliphatic rings. The summed E-state index contributed by atoms with van der Waals surface area (Å²) in [5.41, 5.74) is 0.828. The van der Waals surface area contributed by atoms with E-state index in [1.807, 2.05) is 43.0 Å². The highest BCUT2D eigenvalue weighted by Gasteiger charge is 2.49. The number of carbonyl (C=O) groups is 1. The molecule has 0 spiro atoms. The summed E-state index contributed by atoms with van der Waals surface area (Å²) in [7, 11) is -1.46. The minimum atomic E-state index is -3.06. The van der Waals surface area contributed by atoms with Gasteiger partial charge in [-0.3, -0.25) is 4.79 Å². The summed E-state index contributed by atoms with van der Waals surface area (Å²) in [6, 6.07) is 7.20. The molecule has 2 aliphatic heterocycles. The Bertz CT molecular complexity index is 787. The molecule has 25 heavy (non-hydrogen) atoms. The van der Waals surface area contributed by atoms with Crippen molar-refractivity contribution in [3.63, 3.8) is 0 Å². The number of ether oxygens (including phenoxy) is 1. The van der Waals surface area contributed by atoms with Crippen molar-refractivity contribution in [3.05, 3.63) is 24.3 Å². The summed E-state index contributed by atoms with van der Waals surface area (Å²) in [5, 5.41) is 0.512. The second-order valence-electron chi connectivity index (χ2n) is 6.75. The molecule has 3 rings (SSSR count). The van der Waals surface area contributed by atoms with Gasteiger partial charge in [0, 0.05) is 17.4 Å². The Morgan fingerprint density at radius 1 is 1.32 bits per heavy atom. The fourth-order valence-electron chi connectivity index (χ4n) is 3.11. The standard InChI is InChI=1S/C17H22N2O4S2/c1-11(2)8-16(20)18-17-19(12-4-6-13(23-3)7-5-12)14-9-25(21,22)10-15(14)24-17/h4-7,11,14-15H,8-10H2,1-3H3/t14-,15+/m1/s1. The number of amidine groups is 1. The summed E-state index contributed by atoms with van der Waals surface area (Å²) in [6.45, 7) is 3.95. The molecule has 0 N–H and O–H groups in total. The van der Waals surface area contributed by atoms with Crippen molar-refractivity contribution < 1.29 is 17.9 Å². The number of amides is 1. The second-order valence-corrected chi connectivity index (χ2v) is 10.1. The number of aliphatic imine (C=N–C) groups is 1. The molecule has 2 heterocycles. The highest BCUT2D eigenvalue weighted by Crippen LogP contribution is 2.41. The Morgan fingerprint density at radius 3 is 2.60 bits per heavy atom. The molecule has 0 unspecified atom stereocenters. The molecule has 0 radical (unpaired) electrons. The van der Waals surface area contributed by atoms with Gasteiger partial charge in [0.2, 0.25) is 5.91 Å². The van der Waals surface area contributed by atoms with Crippen LogP contribution in [0.3, 0.4) is 0 Å². The van der Waals surface area contributed by atoms with Crippen molar-refractivity contribution in [1.82, 2.24) is 0 Å². The SMILES string of the molecule is COc1ccc(N2C(=NC(=O)CC(C)C)S[C@H]3CS(=O)(=O)C[C@H]32)cc1. The molecule has 2 saturated heterocycles. The maximum atomic E-state index is 12.2. The first-order chi connectivity index (χ1) is 11.8. The average molecular weight is 383 g/mol. The fourth-order valence-corrected chi connectivity index (χ4v) is 7.04. The molecule has 2 atom stereocenters. The van der Waals surface area contributed by atoms with Crippen molar-refractivity contribution in [2.24, 2.45) is 10.9 Å². The number of hydrogen-bond acceptors (Lipinski definition) is 5. The monoisotopic (exact) mass is 382 g/mol. The molecule has 6 nitrogen and oxygen atoms in total. The lowest BCUT2D eigenvalue weighted by molar-refractivity contribution is -0.118. The van der Waals surface area contributed by atoms with E-state index in [-0.39, 0.29) is 34.6 Å². The Kier molecular flexibility index (Phi) is 5.11. The highest BCUT2D eigenvalue weighted by atomic mass is 32.2. The van der Waals surface area contributed by atoms with Crippen LogP contribution in [0.2, 0.25) is 0 Å². The number of hydrogen-bond donors (Lipinski definition) is 0. The third kappa shape index (κ3) is 4.00. The Morgan fingerprint density at radius 2 is 2.00 bits per heavy atom. The number of thioether (sulfide) groups is 1. The quantitative estimate of drug-likeness (QED) is 0.796. The summed E-state index contributed by atoms with van der Waals surface area (Å²) in [4.78, 5) is 18.4. The van der Waals surface area contributed by atoms with Crippen molar-refractivity contribution in [1.29, 1.82) is 0 Å². The van der Waals surface area contributed by atoms with Gasteiger partial charge in [-0.1, -0.05) is 25.6 Å². The van der Waals surface area contributed by atoms with Crippen LogP contribution in [0.4, 0.5) is 5.69 Å².